The molecule has 1 aliphatic heterocycles. The van der Waals surface area contributed by atoms with Crippen LogP contribution in [-0.2, 0) is 27.2 Å². The maximum atomic E-state index is 12.5. The van der Waals surface area contributed by atoms with E-state index in [-0.39, 0.29) is 23.5 Å². The normalized spacial score (nSPS) is 18.6. The molecule has 1 aliphatic rings. The number of rotatable bonds is 8. The summed E-state index contributed by atoms with van der Waals surface area (Å²) in [6.07, 6.45) is 1.30. The molecule has 0 saturated carbocycles. The number of hydrogen-bond acceptors (Lipinski definition) is 5. The van der Waals surface area contributed by atoms with E-state index in [0.29, 0.717) is 18.7 Å². The van der Waals surface area contributed by atoms with Crippen LogP contribution in [0.2, 0.25) is 0 Å². The van der Waals surface area contributed by atoms with Crippen molar-refractivity contribution in [3.63, 3.8) is 0 Å². The van der Waals surface area contributed by atoms with Crippen LogP contribution >= 0.6 is 11.8 Å². The van der Waals surface area contributed by atoms with Gasteiger partial charge in [0, 0.05) is 19.3 Å². The van der Waals surface area contributed by atoms with Crippen LogP contribution in [0.5, 0.6) is 0 Å². The Bertz CT molecular complexity index is 861. The van der Waals surface area contributed by atoms with Gasteiger partial charge in [-0.05, 0) is 24.0 Å². The topological polar surface area (TPSA) is 78.5 Å². The highest BCUT2D eigenvalue weighted by atomic mass is 32.2. The van der Waals surface area contributed by atoms with Gasteiger partial charge in [-0.25, -0.2) is 0 Å². The number of likely N-dealkylation sites (N-methyl/N-ethyl adjacent to an activating group) is 1. The van der Waals surface area contributed by atoms with Crippen molar-refractivity contribution in [2.75, 3.05) is 25.9 Å². The Kier molecular flexibility index (Phi) is 8.04. The van der Waals surface area contributed by atoms with Crippen LogP contribution in [0, 0.1) is 0 Å². The zero-order valence-corrected chi connectivity index (χ0v) is 17.9. The lowest BCUT2D eigenvalue weighted by atomic mass is 10.1. The lowest BCUT2D eigenvalue weighted by Gasteiger charge is -2.29. The first-order valence-electron chi connectivity index (χ1n) is 10.0. The molecule has 1 fully saturated rings. The van der Waals surface area contributed by atoms with Crippen molar-refractivity contribution >= 4 is 28.7 Å². The van der Waals surface area contributed by atoms with E-state index in [4.69, 9.17) is 0 Å². The maximum Gasteiger partial charge on any atom is 0.241 e. The van der Waals surface area contributed by atoms with Crippen molar-refractivity contribution in [3.05, 3.63) is 71.8 Å². The van der Waals surface area contributed by atoms with Crippen molar-refractivity contribution in [3.8, 4) is 0 Å². The van der Waals surface area contributed by atoms with Crippen LogP contribution in [0.25, 0.3) is 0 Å². The maximum absolute atomic E-state index is 12.5. The molecule has 2 aromatic rings. The first-order valence-corrected chi connectivity index (χ1v) is 11.0. The van der Waals surface area contributed by atoms with Crippen LogP contribution in [0.1, 0.15) is 11.1 Å². The smallest absolute Gasteiger partial charge is 0.241 e. The minimum atomic E-state index is -0.496. The minimum Gasteiger partial charge on any atom is -0.346 e. The minimum absolute atomic E-state index is 0.0413. The molecule has 2 amide bonds. The monoisotopic (exact) mass is 425 g/mol. The van der Waals surface area contributed by atoms with Crippen molar-refractivity contribution < 1.29 is 14.4 Å². The average molecular weight is 426 g/mol. The predicted octanol–water partition coefficient (Wildman–Crippen LogP) is 1.65. The molecule has 1 saturated heterocycles. The van der Waals surface area contributed by atoms with Crippen molar-refractivity contribution in [2.45, 2.75) is 24.9 Å². The van der Waals surface area contributed by atoms with Crippen LogP contribution in [0.3, 0.4) is 0 Å². The van der Waals surface area contributed by atoms with Gasteiger partial charge in [0.05, 0.1) is 18.6 Å². The molecule has 2 atom stereocenters. The van der Waals surface area contributed by atoms with Gasteiger partial charge < -0.3 is 10.2 Å². The highest BCUT2D eigenvalue weighted by Gasteiger charge is 2.32. The van der Waals surface area contributed by atoms with Crippen molar-refractivity contribution in [1.82, 2.24) is 15.5 Å². The van der Waals surface area contributed by atoms with E-state index in [1.807, 2.05) is 60.7 Å². The summed E-state index contributed by atoms with van der Waals surface area (Å²) in [7, 11) is 1.74. The summed E-state index contributed by atoms with van der Waals surface area (Å²) in [5.74, 6) is -0.0221. The molecule has 0 radical (unpaired) electrons. The van der Waals surface area contributed by atoms with Gasteiger partial charge in [-0.2, -0.15) is 0 Å². The van der Waals surface area contributed by atoms with Gasteiger partial charge in [0.2, 0.25) is 16.9 Å². The first-order chi connectivity index (χ1) is 14.5. The highest BCUT2D eigenvalue weighted by molar-refractivity contribution is 8.13. The highest BCUT2D eigenvalue weighted by Crippen LogP contribution is 2.18. The first kappa shape index (κ1) is 22.1. The summed E-state index contributed by atoms with van der Waals surface area (Å²) in [6, 6.07) is 18.8. The fourth-order valence-electron chi connectivity index (χ4n) is 3.26. The number of thioether (sulfide) groups is 1. The second kappa shape index (κ2) is 10.9. The summed E-state index contributed by atoms with van der Waals surface area (Å²) in [5.41, 5.74) is 2.21. The van der Waals surface area contributed by atoms with E-state index in [1.54, 1.807) is 11.9 Å². The Morgan fingerprint density at radius 3 is 2.37 bits per heavy atom. The largest absolute Gasteiger partial charge is 0.346 e. The Labute approximate surface area is 181 Å². The quantitative estimate of drug-likeness (QED) is 0.672. The van der Waals surface area contributed by atoms with Gasteiger partial charge in [-0.3, -0.25) is 19.7 Å². The van der Waals surface area contributed by atoms with Gasteiger partial charge in [-0.1, -0.05) is 72.4 Å². The molecule has 158 valence electrons. The molecular weight excluding hydrogens is 398 g/mol. The molecule has 0 spiro atoms. The van der Waals surface area contributed by atoms with Gasteiger partial charge in [0.1, 0.15) is 0 Å². The second-order valence-corrected chi connectivity index (χ2v) is 8.38. The molecule has 0 aliphatic carbocycles. The lowest BCUT2D eigenvalue weighted by Crippen LogP contribution is -2.56. The number of nitrogens with zero attached hydrogens (tertiary/aromatic N) is 1. The summed E-state index contributed by atoms with van der Waals surface area (Å²) in [5, 5.41) is 5.90. The van der Waals surface area contributed by atoms with Gasteiger partial charge >= 0.3 is 0 Å². The van der Waals surface area contributed by atoms with Crippen LogP contribution < -0.4 is 10.6 Å². The van der Waals surface area contributed by atoms with Crippen LogP contribution in [-0.4, -0.2) is 59.8 Å². The molecular formula is C23H27N3O3S. The van der Waals surface area contributed by atoms with E-state index < -0.39 is 12.1 Å². The number of amides is 2. The Morgan fingerprint density at radius 1 is 1.07 bits per heavy atom. The molecule has 0 aromatic heterocycles. The molecule has 3 rings (SSSR count). The number of hydrogen-bond donors (Lipinski definition) is 2. The Balaban J connectivity index is 1.44. The third-order valence-electron chi connectivity index (χ3n) is 5.10. The molecule has 7 heteroatoms. The van der Waals surface area contributed by atoms with E-state index in [1.165, 1.54) is 17.3 Å². The van der Waals surface area contributed by atoms with Gasteiger partial charge in [0.25, 0.3) is 0 Å². The van der Waals surface area contributed by atoms with E-state index in [0.717, 1.165) is 12.0 Å². The van der Waals surface area contributed by atoms with E-state index >= 15 is 0 Å². The number of carbonyl (C=O) groups excluding carboxylic acids is 3. The van der Waals surface area contributed by atoms with Crippen molar-refractivity contribution in [1.29, 1.82) is 0 Å². The fraction of sp³-hybridized carbons (Fsp3) is 0.348. The van der Waals surface area contributed by atoms with E-state index in [9.17, 15) is 14.4 Å². The molecule has 30 heavy (non-hydrogen) atoms. The number of benzene rings is 2. The Morgan fingerprint density at radius 2 is 1.70 bits per heavy atom. The van der Waals surface area contributed by atoms with Gasteiger partial charge in [0.15, 0.2) is 0 Å². The third kappa shape index (κ3) is 6.43. The zero-order chi connectivity index (χ0) is 21.3. The summed E-state index contributed by atoms with van der Waals surface area (Å²) in [4.78, 5) is 38.7. The summed E-state index contributed by atoms with van der Waals surface area (Å²) < 4.78 is 0. The van der Waals surface area contributed by atoms with Crippen LogP contribution in [0.15, 0.2) is 60.7 Å². The predicted molar refractivity (Wildman–Crippen MR) is 119 cm³/mol. The molecule has 0 bridgehead atoms. The standard InChI is InChI=1S/C23H27N3O3S/c1-26(13-12-17-8-4-2-5-9-17)21(27)15-24-22(28)20-16-30-23(29)19(25-20)14-18-10-6-3-7-11-18/h2-11,19-20,25H,12-16H2,1H3,(H,24,28). The second-order valence-electron chi connectivity index (χ2n) is 7.36. The van der Waals surface area contributed by atoms with Gasteiger partial charge in [-0.15, -0.1) is 0 Å². The lowest BCUT2D eigenvalue weighted by molar-refractivity contribution is -0.132. The molecule has 2 aromatic carbocycles. The number of nitrogens with one attached hydrogen (secondary N) is 2. The SMILES string of the molecule is CN(CCc1ccccc1)C(=O)CNC(=O)C1CSC(=O)C(Cc2ccccc2)N1. The molecule has 2 N–H and O–H groups in total. The summed E-state index contributed by atoms with van der Waals surface area (Å²) in [6.45, 7) is 0.536. The molecule has 1 heterocycles. The average Bonchev–Trinajstić information content (AvgIpc) is 2.78. The Hall–Kier alpha value is -2.64. The zero-order valence-electron chi connectivity index (χ0n) is 17.0. The van der Waals surface area contributed by atoms with E-state index in [2.05, 4.69) is 10.6 Å². The summed E-state index contributed by atoms with van der Waals surface area (Å²) >= 11 is 1.17. The number of carbonyl (C=O) groups is 3. The molecule has 2 unspecified atom stereocenters. The third-order valence-corrected chi connectivity index (χ3v) is 6.17. The fourth-order valence-corrected chi connectivity index (χ4v) is 4.19. The van der Waals surface area contributed by atoms with Crippen molar-refractivity contribution in [2.24, 2.45) is 0 Å². The molecule has 6 nitrogen and oxygen atoms in total. The van der Waals surface area contributed by atoms with Crippen LogP contribution in [0.4, 0.5) is 0 Å².